The zero-order valence-corrected chi connectivity index (χ0v) is 12.2. The number of aryl methyl sites for hydroxylation is 2. The van der Waals surface area contributed by atoms with Crippen molar-refractivity contribution in [1.82, 2.24) is 15.0 Å². The van der Waals surface area contributed by atoms with Crippen molar-refractivity contribution >= 4 is 28.3 Å². The van der Waals surface area contributed by atoms with Crippen LogP contribution in [0.4, 0.5) is 11.5 Å². The lowest BCUT2D eigenvalue weighted by Gasteiger charge is -2.08. The summed E-state index contributed by atoms with van der Waals surface area (Å²) in [6.07, 6.45) is 0. The number of carbonyl (C=O) groups excluding carboxylic acids is 1. The average molecular weight is 280 g/mol. The lowest BCUT2D eigenvalue weighted by atomic mass is 10.1. The van der Waals surface area contributed by atoms with Crippen LogP contribution in [0.25, 0.3) is 11.0 Å². The number of carbonyl (C=O) groups is 1. The standard InChI is InChI=1S/C16H16N4O/c1-9-8-14-15(17-9)18-11(3)19-16(14)20-13-6-4-12(5-7-13)10(2)21/h4-8H,1-3H3,(H2,17,18,19,20). The zero-order valence-electron chi connectivity index (χ0n) is 12.2. The maximum Gasteiger partial charge on any atom is 0.159 e. The quantitative estimate of drug-likeness (QED) is 0.720. The Morgan fingerprint density at radius 1 is 1.14 bits per heavy atom. The molecule has 21 heavy (non-hydrogen) atoms. The summed E-state index contributed by atoms with van der Waals surface area (Å²) in [7, 11) is 0. The van der Waals surface area contributed by atoms with Crippen molar-refractivity contribution in [1.29, 1.82) is 0 Å². The highest BCUT2D eigenvalue weighted by Gasteiger charge is 2.09. The third-order valence-electron chi connectivity index (χ3n) is 3.29. The number of hydrogen-bond acceptors (Lipinski definition) is 4. The van der Waals surface area contributed by atoms with Gasteiger partial charge < -0.3 is 10.3 Å². The molecule has 2 N–H and O–H groups in total. The van der Waals surface area contributed by atoms with Crippen LogP contribution in [0.3, 0.4) is 0 Å². The van der Waals surface area contributed by atoms with Crippen LogP contribution in [-0.4, -0.2) is 20.7 Å². The molecule has 0 radical (unpaired) electrons. The summed E-state index contributed by atoms with van der Waals surface area (Å²) in [6, 6.07) is 9.37. The molecular formula is C16H16N4O. The first-order valence-corrected chi connectivity index (χ1v) is 6.75. The molecule has 2 heterocycles. The fourth-order valence-corrected chi connectivity index (χ4v) is 2.27. The summed E-state index contributed by atoms with van der Waals surface area (Å²) in [5, 5.41) is 4.24. The van der Waals surface area contributed by atoms with Crippen LogP contribution in [0.2, 0.25) is 0 Å². The number of fused-ring (bicyclic) bond motifs is 1. The molecule has 2 aromatic heterocycles. The largest absolute Gasteiger partial charge is 0.343 e. The zero-order chi connectivity index (χ0) is 15.0. The molecule has 0 bridgehead atoms. The molecule has 0 saturated carbocycles. The van der Waals surface area contributed by atoms with E-state index in [1.807, 2.05) is 32.0 Å². The summed E-state index contributed by atoms with van der Waals surface area (Å²) in [5.74, 6) is 1.52. The number of Topliss-reactive ketones (excluding diaryl/α,β-unsaturated/α-hetero) is 1. The Kier molecular flexibility index (Phi) is 3.17. The molecule has 5 nitrogen and oxygen atoms in total. The molecule has 3 aromatic rings. The van der Waals surface area contributed by atoms with E-state index in [4.69, 9.17) is 0 Å². The van der Waals surface area contributed by atoms with Gasteiger partial charge >= 0.3 is 0 Å². The molecule has 5 heteroatoms. The number of ketones is 1. The van der Waals surface area contributed by atoms with Gasteiger partial charge in [-0.2, -0.15) is 0 Å². The Bertz CT molecular complexity index is 818. The van der Waals surface area contributed by atoms with Crippen molar-refractivity contribution in [2.75, 3.05) is 5.32 Å². The van der Waals surface area contributed by atoms with E-state index in [2.05, 4.69) is 20.3 Å². The summed E-state index contributed by atoms with van der Waals surface area (Å²) >= 11 is 0. The molecule has 3 rings (SSSR count). The van der Waals surface area contributed by atoms with E-state index in [0.717, 1.165) is 28.2 Å². The summed E-state index contributed by atoms with van der Waals surface area (Å²) < 4.78 is 0. The van der Waals surface area contributed by atoms with E-state index in [9.17, 15) is 4.79 Å². The topological polar surface area (TPSA) is 70.7 Å². The van der Waals surface area contributed by atoms with Gasteiger partial charge in [0.05, 0.1) is 5.39 Å². The van der Waals surface area contributed by atoms with Crippen molar-refractivity contribution in [2.24, 2.45) is 0 Å². The van der Waals surface area contributed by atoms with Crippen molar-refractivity contribution in [2.45, 2.75) is 20.8 Å². The normalized spacial score (nSPS) is 10.8. The molecule has 0 amide bonds. The Labute approximate surface area is 122 Å². The number of aromatic amines is 1. The number of aromatic nitrogens is 3. The smallest absolute Gasteiger partial charge is 0.159 e. The van der Waals surface area contributed by atoms with Gasteiger partial charge in [0.2, 0.25) is 0 Å². The van der Waals surface area contributed by atoms with Gasteiger partial charge in [0, 0.05) is 16.9 Å². The van der Waals surface area contributed by atoms with E-state index in [0.29, 0.717) is 11.4 Å². The van der Waals surface area contributed by atoms with E-state index in [1.165, 1.54) is 0 Å². The molecular weight excluding hydrogens is 264 g/mol. The monoisotopic (exact) mass is 280 g/mol. The second-order valence-electron chi connectivity index (χ2n) is 5.09. The highest BCUT2D eigenvalue weighted by atomic mass is 16.1. The second-order valence-corrected chi connectivity index (χ2v) is 5.09. The third kappa shape index (κ3) is 2.63. The second kappa shape index (κ2) is 5.01. The Morgan fingerprint density at radius 2 is 1.86 bits per heavy atom. The molecule has 0 atom stereocenters. The number of anilines is 2. The lowest BCUT2D eigenvalue weighted by molar-refractivity contribution is 0.101. The third-order valence-corrected chi connectivity index (χ3v) is 3.29. The van der Waals surface area contributed by atoms with Crippen molar-refractivity contribution in [3.8, 4) is 0 Å². The van der Waals surface area contributed by atoms with Gasteiger partial charge in [-0.3, -0.25) is 4.79 Å². The van der Waals surface area contributed by atoms with E-state index in [-0.39, 0.29) is 5.78 Å². The van der Waals surface area contributed by atoms with Gasteiger partial charge in [0.15, 0.2) is 5.78 Å². The predicted molar refractivity (Wildman–Crippen MR) is 83.1 cm³/mol. The van der Waals surface area contributed by atoms with Crippen LogP contribution >= 0.6 is 0 Å². The number of nitrogens with zero attached hydrogens (tertiary/aromatic N) is 2. The van der Waals surface area contributed by atoms with Crippen molar-refractivity contribution in [3.05, 3.63) is 47.4 Å². The first-order chi connectivity index (χ1) is 10.0. The van der Waals surface area contributed by atoms with Gasteiger partial charge in [0.25, 0.3) is 0 Å². The number of benzene rings is 1. The van der Waals surface area contributed by atoms with Crippen LogP contribution in [0, 0.1) is 13.8 Å². The van der Waals surface area contributed by atoms with E-state index in [1.54, 1.807) is 19.1 Å². The minimum Gasteiger partial charge on any atom is -0.343 e. The Balaban J connectivity index is 1.99. The minimum absolute atomic E-state index is 0.0584. The van der Waals surface area contributed by atoms with Crippen LogP contribution in [0.15, 0.2) is 30.3 Å². The Hall–Kier alpha value is -2.69. The first-order valence-electron chi connectivity index (χ1n) is 6.75. The highest BCUT2D eigenvalue weighted by molar-refractivity contribution is 5.94. The first kappa shape index (κ1) is 13.3. The maximum absolute atomic E-state index is 11.3. The maximum atomic E-state index is 11.3. The molecule has 1 aromatic carbocycles. The number of rotatable bonds is 3. The van der Waals surface area contributed by atoms with Crippen LogP contribution in [-0.2, 0) is 0 Å². The van der Waals surface area contributed by atoms with Crippen LogP contribution in [0.5, 0.6) is 0 Å². The van der Waals surface area contributed by atoms with E-state index >= 15 is 0 Å². The number of H-pyrrole nitrogens is 1. The molecule has 106 valence electrons. The van der Waals surface area contributed by atoms with Gasteiger partial charge in [-0.25, -0.2) is 9.97 Å². The molecule has 0 fully saturated rings. The number of nitrogens with one attached hydrogen (secondary N) is 2. The predicted octanol–water partition coefficient (Wildman–Crippen LogP) is 3.52. The van der Waals surface area contributed by atoms with Crippen molar-refractivity contribution in [3.63, 3.8) is 0 Å². The molecule has 0 saturated heterocycles. The molecule has 0 aliphatic carbocycles. The van der Waals surface area contributed by atoms with Crippen molar-refractivity contribution < 1.29 is 4.79 Å². The SMILES string of the molecule is CC(=O)c1ccc(Nc2nc(C)nc3[nH]c(C)cc23)cc1. The molecule has 0 unspecified atom stereocenters. The lowest BCUT2D eigenvalue weighted by Crippen LogP contribution is -1.99. The fourth-order valence-electron chi connectivity index (χ4n) is 2.27. The van der Waals surface area contributed by atoms with Crippen LogP contribution < -0.4 is 5.32 Å². The molecule has 0 aliphatic heterocycles. The van der Waals surface area contributed by atoms with Gasteiger partial charge in [-0.1, -0.05) is 0 Å². The highest BCUT2D eigenvalue weighted by Crippen LogP contribution is 2.24. The van der Waals surface area contributed by atoms with E-state index < -0.39 is 0 Å². The van der Waals surface area contributed by atoms with Gasteiger partial charge in [-0.05, 0) is 51.1 Å². The van der Waals surface area contributed by atoms with Gasteiger partial charge in [-0.15, -0.1) is 0 Å². The summed E-state index contributed by atoms with van der Waals surface area (Å²) in [6.45, 7) is 5.41. The Morgan fingerprint density at radius 3 is 2.52 bits per heavy atom. The summed E-state index contributed by atoms with van der Waals surface area (Å²) in [5.41, 5.74) is 3.45. The summed E-state index contributed by atoms with van der Waals surface area (Å²) in [4.78, 5) is 23.3. The molecule has 0 spiro atoms. The van der Waals surface area contributed by atoms with Gasteiger partial charge in [0.1, 0.15) is 17.3 Å². The average Bonchev–Trinajstić information content (AvgIpc) is 2.79. The molecule has 0 aliphatic rings. The number of hydrogen-bond donors (Lipinski definition) is 2. The van der Waals surface area contributed by atoms with Crippen LogP contribution in [0.1, 0.15) is 28.8 Å². The minimum atomic E-state index is 0.0584. The fraction of sp³-hybridized carbons (Fsp3) is 0.188.